The summed E-state index contributed by atoms with van der Waals surface area (Å²) in [4.78, 5) is 14.1. The highest BCUT2D eigenvalue weighted by molar-refractivity contribution is 5.82. The quantitative estimate of drug-likeness (QED) is 0.697. The molecule has 1 N–H and O–H groups in total. The molecular formula is C12H19N3O2. The lowest BCUT2D eigenvalue weighted by Gasteiger charge is -2.34. The third-order valence-corrected chi connectivity index (χ3v) is 3.20. The molecule has 1 heterocycles. The lowest BCUT2D eigenvalue weighted by atomic mass is 10.2. The van der Waals surface area contributed by atoms with Gasteiger partial charge in [-0.05, 0) is 19.3 Å². The van der Waals surface area contributed by atoms with Crippen molar-refractivity contribution >= 4 is 5.91 Å². The molecule has 2 rings (SSSR count). The average Bonchev–Trinajstić information content (AvgIpc) is 3.14. The summed E-state index contributed by atoms with van der Waals surface area (Å²) in [5, 5.41) is 11.5. The number of rotatable bonds is 5. The van der Waals surface area contributed by atoms with E-state index in [-0.39, 0.29) is 11.9 Å². The van der Waals surface area contributed by atoms with E-state index >= 15 is 0 Å². The Hall–Kier alpha value is -1.12. The Morgan fingerprint density at radius 1 is 1.53 bits per heavy atom. The van der Waals surface area contributed by atoms with Crippen LogP contribution in [0.25, 0.3) is 0 Å². The maximum atomic E-state index is 12.0. The van der Waals surface area contributed by atoms with Crippen LogP contribution in [0.3, 0.4) is 0 Å². The van der Waals surface area contributed by atoms with E-state index in [0.717, 1.165) is 32.4 Å². The molecule has 0 aromatic carbocycles. The van der Waals surface area contributed by atoms with E-state index < -0.39 is 0 Å². The SMILES string of the molecule is N#CCCCN1CCOCC1C(=O)NC1CC1. The molecule has 0 aromatic rings. The van der Waals surface area contributed by atoms with Gasteiger partial charge in [-0.1, -0.05) is 0 Å². The van der Waals surface area contributed by atoms with Crippen molar-refractivity contribution in [1.82, 2.24) is 10.2 Å². The molecular weight excluding hydrogens is 218 g/mol. The van der Waals surface area contributed by atoms with E-state index in [1.165, 1.54) is 0 Å². The zero-order valence-corrected chi connectivity index (χ0v) is 10.0. The predicted molar refractivity (Wildman–Crippen MR) is 62.2 cm³/mol. The summed E-state index contributed by atoms with van der Waals surface area (Å²) < 4.78 is 5.37. The smallest absolute Gasteiger partial charge is 0.239 e. The van der Waals surface area contributed by atoms with Gasteiger partial charge in [-0.2, -0.15) is 5.26 Å². The molecule has 2 aliphatic rings. The van der Waals surface area contributed by atoms with E-state index in [1.54, 1.807) is 0 Å². The molecule has 0 bridgehead atoms. The maximum absolute atomic E-state index is 12.0. The Kier molecular flexibility index (Phi) is 4.35. The van der Waals surface area contributed by atoms with Gasteiger partial charge in [0.15, 0.2) is 0 Å². The van der Waals surface area contributed by atoms with Crippen LogP contribution in [0.15, 0.2) is 0 Å². The summed E-state index contributed by atoms with van der Waals surface area (Å²) in [5.74, 6) is 0.0872. The highest BCUT2D eigenvalue weighted by Crippen LogP contribution is 2.19. The predicted octanol–water partition coefficient (Wildman–Crippen LogP) is 0.270. The molecule has 1 aliphatic carbocycles. The fraction of sp³-hybridized carbons (Fsp3) is 0.833. The summed E-state index contributed by atoms with van der Waals surface area (Å²) in [6.07, 6.45) is 3.58. The molecule has 94 valence electrons. The number of carbonyl (C=O) groups is 1. The Balaban J connectivity index is 1.82. The topological polar surface area (TPSA) is 65.4 Å². The van der Waals surface area contributed by atoms with Gasteiger partial charge in [-0.3, -0.25) is 9.69 Å². The molecule has 17 heavy (non-hydrogen) atoms. The monoisotopic (exact) mass is 237 g/mol. The van der Waals surface area contributed by atoms with E-state index in [4.69, 9.17) is 10.00 Å². The molecule has 1 saturated carbocycles. The molecule has 1 amide bonds. The molecule has 0 aromatic heterocycles. The molecule has 0 radical (unpaired) electrons. The van der Waals surface area contributed by atoms with Crippen LogP contribution < -0.4 is 5.32 Å². The van der Waals surface area contributed by atoms with Gasteiger partial charge in [0, 0.05) is 25.6 Å². The molecule has 1 unspecified atom stereocenters. The van der Waals surface area contributed by atoms with Crippen molar-refractivity contribution in [3.8, 4) is 6.07 Å². The Labute approximate surface area is 102 Å². The van der Waals surface area contributed by atoms with E-state index in [0.29, 0.717) is 25.7 Å². The van der Waals surface area contributed by atoms with Gasteiger partial charge in [0.1, 0.15) is 6.04 Å². The van der Waals surface area contributed by atoms with Crippen molar-refractivity contribution in [2.75, 3.05) is 26.3 Å². The van der Waals surface area contributed by atoms with Crippen LogP contribution in [0.1, 0.15) is 25.7 Å². The Morgan fingerprint density at radius 2 is 2.35 bits per heavy atom. The largest absolute Gasteiger partial charge is 0.378 e. The van der Waals surface area contributed by atoms with Crippen LogP contribution >= 0.6 is 0 Å². The zero-order valence-electron chi connectivity index (χ0n) is 10.0. The second-order valence-corrected chi connectivity index (χ2v) is 4.67. The third kappa shape index (κ3) is 3.69. The first-order valence-electron chi connectivity index (χ1n) is 6.30. The average molecular weight is 237 g/mol. The minimum Gasteiger partial charge on any atom is -0.378 e. The molecule has 5 nitrogen and oxygen atoms in total. The number of unbranched alkanes of at least 4 members (excludes halogenated alkanes) is 1. The minimum absolute atomic E-state index is 0.0872. The lowest BCUT2D eigenvalue weighted by Crippen LogP contribution is -2.54. The number of morpholine rings is 1. The molecule has 1 atom stereocenters. The number of nitrogens with one attached hydrogen (secondary N) is 1. The minimum atomic E-state index is -0.164. The number of nitriles is 1. The first kappa shape index (κ1) is 12.3. The van der Waals surface area contributed by atoms with Crippen molar-refractivity contribution in [2.45, 2.75) is 37.8 Å². The second kappa shape index (κ2) is 5.99. The summed E-state index contributed by atoms with van der Waals surface area (Å²) in [5.41, 5.74) is 0. The number of amides is 1. The van der Waals surface area contributed by atoms with Gasteiger partial charge in [0.05, 0.1) is 19.3 Å². The van der Waals surface area contributed by atoms with Gasteiger partial charge in [0.2, 0.25) is 5.91 Å². The lowest BCUT2D eigenvalue weighted by molar-refractivity contribution is -0.132. The van der Waals surface area contributed by atoms with Crippen LogP contribution in [0.5, 0.6) is 0 Å². The summed E-state index contributed by atoms with van der Waals surface area (Å²) in [6.45, 7) is 2.75. The Bertz CT molecular complexity index is 309. The highest BCUT2D eigenvalue weighted by atomic mass is 16.5. The number of ether oxygens (including phenoxy) is 1. The van der Waals surface area contributed by atoms with Gasteiger partial charge in [-0.25, -0.2) is 0 Å². The number of carbonyl (C=O) groups excluding carboxylic acids is 1. The van der Waals surface area contributed by atoms with Crippen LogP contribution in [0.4, 0.5) is 0 Å². The summed E-state index contributed by atoms with van der Waals surface area (Å²) in [6, 6.07) is 2.37. The maximum Gasteiger partial charge on any atom is 0.239 e. The Morgan fingerprint density at radius 3 is 3.06 bits per heavy atom. The van der Waals surface area contributed by atoms with Crippen LogP contribution in [0, 0.1) is 11.3 Å². The first-order chi connectivity index (χ1) is 8.31. The van der Waals surface area contributed by atoms with Crippen molar-refractivity contribution in [1.29, 1.82) is 5.26 Å². The first-order valence-corrected chi connectivity index (χ1v) is 6.30. The standard InChI is InChI=1S/C12H19N3O2/c13-5-1-2-6-15-7-8-17-9-11(15)12(16)14-10-3-4-10/h10-11H,1-4,6-9H2,(H,14,16). The number of hydrogen-bond donors (Lipinski definition) is 1. The van der Waals surface area contributed by atoms with Crippen LogP contribution in [-0.2, 0) is 9.53 Å². The third-order valence-electron chi connectivity index (χ3n) is 3.20. The second-order valence-electron chi connectivity index (χ2n) is 4.67. The molecule has 1 aliphatic heterocycles. The van der Waals surface area contributed by atoms with Crippen molar-refractivity contribution < 1.29 is 9.53 Å². The van der Waals surface area contributed by atoms with E-state index in [2.05, 4.69) is 16.3 Å². The summed E-state index contributed by atoms with van der Waals surface area (Å²) in [7, 11) is 0. The normalized spacial score (nSPS) is 25.2. The van der Waals surface area contributed by atoms with Gasteiger partial charge >= 0.3 is 0 Å². The van der Waals surface area contributed by atoms with Gasteiger partial charge in [0.25, 0.3) is 0 Å². The van der Waals surface area contributed by atoms with E-state index in [1.807, 2.05) is 0 Å². The number of nitrogens with zero attached hydrogens (tertiary/aromatic N) is 2. The van der Waals surface area contributed by atoms with Crippen molar-refractivity contribution in [2.24, 2.45) is 0 Å². The highest BCUT2D eigenvalue weighted by Gasteiger charge is 2.32. The van der Waals surface area contributed by atoms with Crippen LogP contribution in [0.2, 0.25) is 0 Å². The van der Waals surface area contributed by atoms with Crippen molar-refractivity contribution in [3.63, 3.8) is 0 Å². The molecule has 5 heteroatoms. The molecule has 0 spiro atoms. The zero-order chi connectivity index (χ0) is 12.1. The molecule has 2 fully saturated rings. The fourth-order valence-corrected chi connectivity index (χ4v) is 2.03. The van der Waals surface area contributed by atoms with Crippen LogP contribution in [-0.4, -0.2) is 49.2 Å². The summed E-state index contributed by atoms with van der Waals surface area (Å²) >= 11 is 0. The van der Waals surface area contributed by atoms with Gasteiger partial charge in [-0.15, -0.1) is 0 Å². The van der Waals surface area contributed by atoms with Crippen molar-refractivity contribution in [3.05, 3.63) is 0 Å². The number of hydrogen-bond acceptors (Lipinski definition) is 4. The van der Waals surface area contributed by atoms with Gasteiger partial charge < -0.3 is 10.1 Å². The van der Waals surface area contributed by atoms with E-state index in [9.17, 15) is 4.79 Å². The fourth-order valence-electron chi connectivity index (χ4n) is 2.03. The molecule has 1 saturated heterocycles.